The van der Waals surface area contributed by atoms with Crippen LogP contribution in [0.25, 0.3) is 22.6 Å². The molecule has 128 valence electrons. The third-order valence-electron chi connectivity index (χ3n) is 3.41. The molecule has 0 atom stereocenters. The SMILES string of the molecule is COc1ccc(-c2nc(SCC(=O)O)oc2-c2ccccc2Cl)cc1. The topological polar surface area (TPSA) is 72.6 Å². The molecule has 0 fully saturated rings. The summed E-state index contributed by atoms with van der Waals surface area (Å²) < 4.78 is 11.0. The largest absolute Gasteiger partial charge is 0.497 e. The molecule has 0 radical (unpaired) electrons. The van der Waals surface area contributed by atoms with E-state index in [1.807, 2.05) is 42.5 Å². The standard InChI is InChI=1S/C18H14ClNO4S/c1-23-12-8-6-11(7-9-12)16-17(13-4-2-3-5-14(13)19)24-18(20-16)25-10-15(21)22/h2-9H,10H2,1H3,(H,21,22). The molecule has 0 aliphatic rings. The molecule has 0 aliphatic heterocycles. The number of aromatic nitrogens is 1. The van der Waals surface area contributed by atoms with Gasteiger partial charge in [0, 0.05) is 11.1 Å². The van der Waals surface area contributed by atoms with Crippen molar-refractivity contribution in [2.45, 2.75) is 5.22 Å². The van der Waals surface area contributed by atoms with Gasteiger partial charge in [-0.2, -0.15) is 0 Å². The lowest BCUT2D eigenvalue weighted by Gasteiger charge is -2.04. The summed E-state index contributed by atoms with van der Waals surface area (Å²) in [7, 11) is 1.60. The molecule has 7 heteroatoms. The summed E-state index contributed by atoms with van der Waals surface area (Å²) in [5.74, 6) is 0.161. The molecule has 0 bridgehead atoms. The van der Waals surface area contributed by atoms with Gasteiger partial charge in [0.2, 0.25) is 0 Å². The van der Waals surface area contributed by atoms with Gasteiger partial charge in [0.25, 0.3) is 5.22 Å². The summed E-state index contributed by atoms with van der Waals surface area (Å²) in [5.41, 5.74) is 2.12. The van der Waals surface area contributed by atoms with Crippen molar-refractivity contribution >= 4 is 29.3 Å². The van der Waals surface area contributed by atoms with Gasteiger partial charge < -0.3 is 14.3 Å². The van der Waals surface area contributed by atoms with Gasteiger partial charge in [-0.1, -0.05) is 35.5 Å². The second kappa shape index (κ2) is 7.63. The number of carboxylic acids is 1. The molecule has 1 N–H and O–H groups in total. The van der Waals surface area contributed by atoms with Gasteiger partial charge in [-0.05, 0) is 36.4 Å². The fourth-order valence-electron chi connectivity index (χ4n) is 2.26. The normalized spacial score (nSPS) is 10.6. The van der Waals surface area contributed by atoms with Crippen molar-refractivity contribution in [2.75, 3.05) is 12.9 Å². The Balaban J connectivity index is 2.07. The molecule has 25 heavy (non-hydrogen) atoms. The highest BCUT2D eigenvalue weighted by Gasteiger charge is 2.19. The third kappa shape index (κ3) is 3.97. The average Bonchev–Trinajstić information content (AvgIpc) is 3.04. The maximum Gasteiger partial charge on any atom is 0.314 e. The van der Waals surface area contributed by atoms with E-state index in [9.17, 15) is 4.79 Å². The first-order valence-corrected chi connectivity index (χ1v) is 8.69. The fraction of sp³-hybridized carbons (Fsp3) is 0.111. The zero-order chi connectivity index (χ0) is 17.8. The van der Waals surface area contributed by atoms with Crippen molar-refractivity contribution in [3.63, 3.8) is 0 Å². The second-order valence-electron chi connectivity index (χ2n) is 5.05. The summed E-state index contributed by atoms with van der Waals surface area (Å²) >= 11 is 7.32. The van der Waals surface area contributed by atoms with Gasteiger partial charge in [0.05, 0.1) is 12.1 Å². The number of benzene rings is 2. The van der Waals surface area contributed by atoms with Crippen LogP contribution >= 0.6 is 23.4 Å². The lowest BCUT2D eigenvalue weighted by atomic mass is 10.1. The summed E-state index contributed by atoms with van der Waals surface area (Å²) in [6.07, 6.45) is 0. The van der Waals surface area contributed by atoms with Gasteiger partial charge in [-0.3, -0.25) is 4.79 Å². The molecule has 1 heterocycles. The summed E-state index contributed by atoms with van der Waals surface area (Å²) in [4.78, 5) is 15.3. The Morgan fingerprint density at radius 1 is 1.24 bits per heavy atom. The van der Waals surface area contributed by atoms with Gasteiger partial charge in [-0.15, -0.1) is 0 Å². The van der Waals surface area contributed by atoms with Gasteiger partial charge >= 0.3 is 5.97 Å². The Morgan fingerprint density at radius 3 is 2.60 bits per heavy atom. The third-order valence-corrected chi connectivity index (χ3v) is 4.55. The number of carboxylic acid groups (broad SMARTS) is 1. The Bertz CT molecular complexity index is 892. The van der Waals surface area contributed by atoms with E-state index < -0.39 is 5.97 Å². The van der Waals surface area contributed by atoms with Crippen LogP contribution in [0.2, 0.25) is 5.02 Å². The first-order chi connectivity index (χ1) is 12.1. The van der Waals surface area contributed by atoms with Crippen molar-refractivity contribution in [2.24, 2.45) is 0 Å². The van der Waals surface area contributed by atoms with Crippen LogP contribution in [0.15, 0.2) is 58.2 Å². The van der Waals surface area contributed by atoms with E-state index in [4.69, 9.17) is 25.9 Å². The van der Waals surface area contributed by atoms with Crippen molar-refractivity contribution in [1.82, 2.24) is 4.98 Å². The Labute approximate surface area is 153 Å². The number of rotatable bonds is 6. The number of nitrogens with zero attached hydrogens (tertiary/aromatic N) is 1. The number of hydrogen-bond acceptors (Lipinski definition) is 5. The van der Waals surface area contributed by atoms with Crippen molar-refractivity contribution in [3.05, 3.63) is 53.6 Å². The van der Waals surface area contributed by atoms with Crippen LogP contribution in [-0.2, 0) is 4.79 Å². The molecule has 0 aliphatic carbocycles. The molecule has 0 unspecified atom stereocenters. The van der Waals surface area contributed by atoms with E-state index in [0.717, 1.165) is 23.1 Å². The number of carbonyl (C=O) groups is 1. The maximum absolute atomic E-state index is 10.8. The molecule has 0 saturated heterocycles. The average molecular weight is 376 g/mol. The fourth-order valence-corrected chi connectivity index (χ4v) is 3.02. The molecule has 2 aromatic carbocycles. The highest BCUT2D eigenvalue weighted by atomic mass is 35.5. The maximum atomic E-state index is 10.8. The predicted octanol–water partition coefficient (Wildman–Crippen LogP) is 4.85. The summed E-state index contributed by atoms with van der Waals surface area (Å²) in [5, 5.41) is 9.67. The van der Waals surface area contributed by atoms with Crippen LogP contribution in [0.1, 0.15) is 0 Å². The Kier molecular flexibility index (Phi) is 5.31. The van der Waals surface area contributed by atoms with Gasteiger partial charge in [-0.25, -0.2) is 4.98 Å². The van der Waals surface area contributed by atoms with Crippen LogP contribution in [0, 0.1) is 0 Å². The Hall–Kier alpha value is -2.44. The number of methoxy groups -OCH3 is 1. The molecule has 5 nitrogen and oxygen atoms in total. The number of ether oxygens (including phenoxy) is 1. The second-order valence-corrected chi connectivity index (χ2v) is 6.38. The lowest BCUT2D eigenvalue weighted by molar-refractivity contribution is -0.133. The summed E-state index contributed by atoms with van der Waals surface area (Å²) in [6, 6.07) is 14.7. The van der Waals surface area contributed by atoms with Gasteiger partial charge in [0.1, 0.15) is 17.2 Å². The number of hydrogen-bond donors (Lipinski definition) is 1. The molecular formula is C18H14ClNO4S. The summed E-state index contributed by atoms with van der Waals surface area (Å²) in [6.45, 7) is 0. The molecule has 0 spiro atoms. The predicted molar refractivity (Wildman–Crippen MR) is 97.3 cm³/mol. The molecule has 3 aromatic rings. The minimum atomic E-state index is -0.937. The molecule has 0 amide bonds. The van der Waals surface area contributed by atoms with E-state index >= 15 is 0 Å². The zero-order valence-corrected chi connectivity index (χ0v) is 14.8. The van der Waals surface area contributed by atoms with Crippen LogP contribution in [0.4, 0.5) is 0 Å². The highest BCUT2D eigenvalue weighted by molar-refractivity contribution is 7.99. The monoisotopic (exact) mass is 375 g/mol. The molecule has 1 aromatic heterocycles. The molecular weight excluding hydrogens is 362 g/mol. The van der Waals surface area contributed by atoms with E-state index in [1.54, 1.807) is 13.2 Å². The minimum Gasteiger partial charge on any atom is -0.497 e. The van der Waals surface area contributed by atoms with Crippen LogP contribution in [0.5, 0.6) is 5.75 Å². The Morgan fingerprint density at radius 2 is 1.96 bits per heavy atom. The van der Waals surface area contributed by atoms with Crippen LogP contribution in [0.3, 0.4) is 0 Å². The first kappa shape index (κ1) is 17.4. The lowest BCUT2D eigenvalue weighted by Crippen LogP contribution is -1.97. The smallest absolute Gasteiger partial charge is 0.314 e. The minimum absolute atomic E-state index is 0.134. The zero-order valence-electron chi connectivity index (χ0n) is 13.2. The number of halogens is 1. The van der Waals surface area contributed by atoms with Crippen molar-refractivity contribution in [1.29, 1.82) is 0 Å². The van der Waals surface area contributed by atoms with Crippen molar-refractivity contribution in [3.8, 4) is 28.3 Å². The van der Waals surface area contributed by atoms with Crippen LogP contribution < -0.4 is 4.74 Å². The number of thioether (sulfide) groups is 1. The van der Waals surface area contributed by atoms with Gasteiger partial charge in [0.15, 0.2) is 5.76 Å². The number of oxazole rings is 1. The van der Waals surface area contributed by atoms with E-state index in [1.165, 1.54) is 0 Å². The highest BCUT2D eigenvalue weighted by Crippen LogP contribution is 2.38. The molecule has 3 rings (SSSR count). The van der Waals surface area contributed by atoms with E-state index in [-0.39, 0.29) is 11.0 Å². The number of aliphatic carboxylic acids is 1. The van der Waals surface area contributed by atoms with E-state index in [0.29, 0.717) is 22.0 Å². The van der Waals surface area contributed by atoms with Crippen molar-refractivity contribution < 1.29 is 19.1 Å². The van der Waals surface area contributed by atoms with E-state index in [2.05, 4.69) is 4.98 Å². The first-order valence-electron chi connectivity index (χ1n) is 7.33. The quantitative estimate of drug-likeness (QED) is 0.621. The van der Waals surface area contributed by atoms with Crippen LogP contribution in [-0.4, -0.2) is 28.9 Å². The molecule has 0 saturated carbocycles.